The first kappa shape index (κ1) is 29.5. The van der Waals surface area contributed by atoms with Crippen LogP contribution in [0.2, 0.25) is 0 Å². The maximum atomic E-state index is 13.1. The first-order valence-corrected chi connectivity index (χ1v) is 15.1. The lowest BCUT2D eigenvalue weighted by atomic mass is 10.0. The van der Waals surface area contributed by atoms with Gasteiger partial charge in [0.2, 0.25) is 11.8 Å². The Balaban J connectivity index is 1.31. The Bertz CT molecular complexity index is 1430. The summed E-state index contributed by atoms with van der Waals surface area (Å²) in [7, 11) is 1.53. The summed E-state index contributed by atoms with van der Waals surface area (Å²) in [6.07, 6.45) is 2.10. The molecule has 0 aliphatic carbocycles. The number of methoxy groups -OCH3 is 1. The van der Waals surface area contributed by atoms with Crippen LogP contribution in [-0.4, -0.2) is 66.5 Å². The van der Waals surface area contributed by atoms with Gasteiger partial charge >= 0.3 is 0 Å². The molecule has 1 fully saturated rings. The van der Waals surface area contributed by atoms with Crippen LogP contribution in [0.3, 0.4) is 0 Å². The van der Waals surface area contributed by atoms with E-state index in [9.17, 15) is 14.4 Å². The third-order valence-electron chi connectivity index (χ3n) is 7.50. The Morgan fingerprint density at radius 3 is 2.88 bits per heavy atom. The van der Waals surface area contributed by atoms with Crippen molar-refractivity contribution < 1.29 is 28.6 Å². The number of fused-ring (bicyclic) bond motifs is 5. The zero-order valence-corrected chi connectivity index (χ0v) is 24.7. The minimum atomic E-state index is -0.347. The van der Waals surface area contributed by atoms with Gasteiger partial charge in [-0.2, -0.15) is 0 Å². The van der Waals surface area contributed by atoms with Crippen molar-refractivity contribution in [3.8, 4) is 17.2 Å². The summed E-state index contributed by atoms with van der Waals surface area (Å²) in [6, 6.07) is 12.2. The van der Waals surface area contributed by atoms with Crippen molar-refractivity contribution in [1.82, 2.24) is 20.5 Å². The molecule has 3 aromatic rings. The van der Waals surface area contributed by atoms with E-state index >= 15 is 0 Å². The second-order valence-electron chi connectivity index (χ2n) is 10.5. The summed E-state index contributed by atoms with van der Waals surface area (Å²) < 4.78 is 17.8. The molecule has 10 nitrogen and oxygen atoms in total. The molecule has 2 aliphatic rings. The average molecular weight is 593 g/mol. The van der Waals surface area contributed by atoms with E-state index in [1.54, 1.807) is 35.0 Å². The number of amides is 3. The predicted octanol–water partition coefficient (Wildman–Crippen LogP) is 4.01. The fourth-order valence-electron chi connectivity index (χ4n) is 5.19. The van der Waals surface area contributed by atoms with Crippen molar-refractivity contribution in [2.45, 2.75) is 57.8 Å². The largest absolute Gasteiger partial charge is 0.497 e. The van der Waals surface area contributed by atoms with Crippen LogP contribution in [0.25, 0.3) is 0 Å². The lowest BCUT2D eigenvalue weighted by molar-refractivity contribution is -0.137. The molecule has 2 aromatic carbocycles. The lowest BCUT2D eigenvalue weighted by Crippen LogP contribution is -2.57. The quantitative estimate of drug-likeness (QED) is 0.470. The van der Waals surface area contributed by atoms with E-state index in [2.05, 4.69) is 15.6 Å². The molecule has 4 bridgehead atoms. The molecular weight excluding hydrogens is 556 g/mol. The number of aromatic nitrogens is 1. The van der Waals surface area contributed by atoms with Crippen LogP contribution < -0.4 is 20.1 Å². The first-order valence-electron chi connectivity index (χ1n) is 14.2. The molecule has 2 N–H and O–H groups in total. The molecule has 0 radical (unpaired) electrons. The number of ether oxygens (including phenoxy) is 3. The highest BCUT2D eigenvalue weighted by molar-refractivity contribution is 7.09. The third kappa shape index (κ3) is 7.65. The van der Waals surface area contributed by atoms with Crippen molar-refractivity contribution >= 4 is 29.1 Å². The number of likely N-dealkylation sites (tertiary alicyclic amines) is 1. The van der Waals surface area contributed by atoms with Gasteiger partial charge in [0.25, 0.3) is 5.91 Å². The Morgan fingerprint density at radius 1 is 1.19 bits per heavy atom. The fourth-order valence-corrected chi connectivity index (χ4v) is 5.97. The molecule has 2 aliphatic heterocycles. The van der Waals surface area contributed by atoms with Gasteiger partial charge < -0.3 is 29.7 Å². The van der Waals surface area contributed by atoms with Crippen LogP contribution >= 0.6 is 11.3 Å². The number of piperidine rings is 1. The Kier molecular flexibility index (Phi) is 9.70. The summed E-state index contributed by atoms with van der Waals surface area (Å²) in [5, 5.41) is 5.97. The number of hydrogen-bond donors (Lipinski definition) is 2. The van der Waals surface area contributed by atoms with E-state index in [4.69, 9.17) is 14.2 Å². The van der Waals surface area contributed by atoms with Gasteiger partial charge in [0, 0.05) is 49.0 Å². The molecule has 2 atom stereocenters. The smallest absolute Gasteiger partial charge is 0.251 e. The van der Waals surface area contributed by atoms with Crippen LogP contribution in [0.4, 0.5) is 0 Å². The fraction of sp³-hybridized carbons (Fsp3) is 0.419. The summed E-state index contributed by atoms with van der Waals surface area (Å²) in [6.45, 7) is 3.54. The average Bonchev–Trinajstić information content (AvgIpc) is 3.41. The van der Waals surface area contributed by atoms with Crippen molar-refractivity contribution in [3.05, 3.63) is 69.7 Å². The molecule has 5 rings (SSSR count). The predicted molar refractivity (Wildman–Crippen MR) is 158 cm³/mol. The van der Waals surface area contributed by atoms with Gasteiger partial charge in [-0.3, -0.25) is 14.4 Å². The van der Waals surface area contributed by atoms with Gasteiger partial charge in [-0.15, -0.1) is 11.3 Å². The number of nitrogens with zero attached hydrogens (tertiary/aromatic N) is 2. The van der Waals surface area contributed by atoms with E-state index in [0.717, 1.165) is 16.1 Å². The van der Waals surface area contributed by atoms with Gasteiger partial charge in [-0.25, -0.2) is 4.98 Å². The summed E-state index contributed by atoms with van der Waals surface area (Å²) >= 11 is 1.57. The highest BCUT2D eigenvalue weighted by atomic mass is 32.1. The van der Waals surface area contributed by atoms with E-state index < -0.39 is 0 Å². The minimum absolute atomic E-state index is 0.0577. The standard InChI is InChI=1S/C31H36N4O6S/c1-20-28(42-19-33-20)8-9-30(37)35-12-10-27-26(17-35)34-29(36)7-4-11-32-31(38)22-14-24(39-2)16-25(15-22)41-23-6-3-5-21(13-23)18-40-27/h3,5-6,13-16,19,26-27H,4,7-12,17-18H2,1-2H3,(H,32,38)(H,34,36)/t26-,27-/m0/s1. The van der Waals surface area contributed by atoms with E-state index in [0.29, 0.717) is 74.7 Å². The summed E-state index contributed by atoms with van der Waals surface area (Å²) in [5.74, 6) is 1.21. The van der Waals surface area contributed by atoms with Gasteiger partial charge in [-0.05, 0) is 56.0 Å². The third-order valence-corrected chi connectivity index (χ3v) is 8.50. The van der Waals surface area contributed by atoms with Crippen molar-refractivity contribution in [1.29, 1.82) is 0 Å². The van der Waals surface area contributed by atoms with Crippen molar-refractivity contribution in [3.63, 3.8) is 0 Å². The minimum Gasteiger partial charge on any atom is -0.497 e. The maximum absolute atomic E-state index is 13.1. The molecular formula is C31H36N4O6S. The normalized spacial score (nSPS) is 19.8. The van der Waals surface area contributed by atoms with E-state index in [1.165, 1.54) is 7.11 Å². The number of aryl methyl sites for hydroxylation is 2. The molecule has 3 heterocycles. The highest BCUT2D eigenvalue weighted by Crippen LogP contribution is 2.29. The Hall–Kier alpha value is -3.96. The van der Waals surface area contributed by atoms with Crippen molar-refractivity contribution in [2.75, 3.05) is 26.7 Å². The second kappa shape index (κ2) is 13.8. The molecule has 0 spiro atoms. The molecule has 1 aromatic heterocycles. The van der Waals surface area contributed by atoms with Gasteiger partial charge in [-0.1, -0.05) is 12.1 Å². The molecule has 222 valence electrons. The van der Waals surface area contributed by atoms with Crippen molar-refractivity contribution in [2.24, 2.45) is 0 Å². The number of rotatable bonds is 4. The lowest BCUT2D eigenvalue weighted by Gasteiger charge is -2.39. The van der Waals surface area contributed by atoms with E-state index in [-0.39, 0.29) is 36.3 Å². The molecule has 3 amide bonds. The van der Waals surface area contributed by atoms with Gasteiger partial charge in [0.1, 0.15) is 17.2 Å². The molecule has 0 unspecified atom stereocenters. The summed E-state index contributed by atoms with van der Waals surface area (Å²) in [5.41, 5.74) is 4.07. The first-order chi connectivity index (χ1) is 20.4. The zero-order valence-electron chi connectivity index (χ0n) is 23.9. The van der Waals surface area contributed by atoms with Crippen LogP contribution in [0.1, 0.15) is 52.2 Å². The van der Waals surface area contributed by atoms with Crippen LogP contribution in [0.15, 0.2) is 48.0 Å². The molecule has 42 heavy (non-hydrogen) atoms. The van der Waals surface area contributed by atoms with Crippen LogP contribution in [-0.2, 0) is 27.4 Å². The maximum Gasteiger partial charge on any atom is 0.251 e. The topological polar surface area (TPSA) is 119 Å². The number of carbonyl (C=O) groups excluding carboxylic acids is 3. The van der Waals surface area contributed by atoms with Gasteiger partial charge in [0.05, 0.1) is 37.1 Å². The van der Waals surface area contributed by atoms with Crippen LogP contribution in [0, 0.1) is 6.92 Å². The molecule has 1 saturated heterocycles. The highest BCUT2D eigenvalue weighted by Gasteiger charge is 2.33. The zero-order chi connectivity index (χ0) is 29.5. The molecule has 11 heteroatoms. The Labute approximate surface area is 249 Å². The monoisotopic (exact) mass is 592 g/mol. The van der Waals surface area contributed by atoms with Gasteiger partial charge in [0.15, 0.2) is 0 Å². The van der Waals surface area contributed by atoms with E-state index in [1.807, 2.05) is 36.1 Å². The number of carbonyl (C=O) groups is 3. The number of thiazole rings is 1. The number of hydrogen-bond acceptors (Lipinski definition) is 8. The number of benzene rings is 2. The number of nitrogens with one attached hydrogen (secondary N) is 2. The Morgan fingerprint density at radius 2 is 2.07 bits per heavy atom. The summed E-state index contributed by atoms with van der Waals surface area (Å²) in [4.78, 5) is 46.1. The van der Waals surface area contributed by atoms with Crippen LogP contribution in [0.5, 0.6) is 17.2 Å². The second-order valence-corrected chi connectivity index (χ2v) is 11.5. The molecule has 0 saturated carbocycles. The SMILES string of the molecule is COc1cc2cc(c1)C(=O)NCCCC(=O)N[C@H]1CN(C(=O)CCc3scnc3C)CC[C@@H]1OCc1cccc(c1)O2.